The Hall–Kier alpha value is -3.00. The predicted molar refractivity (Wildman–Crippen MR) is 98.1 cm³/mol. The highest BCUT2D eigenvalue weighted by Gasteiger charge is 2.33. The number of thiazole rings is 1. The number of carbonyl (C=O) groups excluding carboxylic acids is 2. The minimum absolute atomic E-state index is 0.333. The Morgan fingerprint density at radius 3 is 2.58 bits per heavy atom. The Morgan fingerprint density at radius 1 is 1.12 bits per heavy atom. The molecule has 134 valence electrons. The molecule has 0 fully saturated rings. The highest BCUT2D eigenvalue weighted by molar-refractivity contribution is 7.13. The standard InChI is InChI=1S/C18H17N3O4S/c22-15(21-18-19-8-9-26-18)11-4-3-5-12(10-11)20-16(23)13-6-1-2-7-14(13)17(24)25/h1-5,8-10,13-14H,6-7H2,(H,20,23)(H,24,25)(H,19,21,22)/t13-,14-/m0/s1. The van der Waals surface area contributed by atoms with E-state index in [-0.39, 0.29) is 11.8 Å². The molecule has 0 spiro atoms. The molecular formula is C18H17N3O4S. The lowest BCUT2D eigenvalue weighted by Gasteiger charge is -2.24. The number of carboxylic acids is 1. The van der Waals surface area contributed by atoms with Crippen molar-refractivity contribution < 1.29 is 19.5 Å². The lowest BCUT2D eigenvalue weighted by molar-refractivity contribution is -0.146. The maximum atomic E-state index is 12.5. The Labute approximate surface area is 153 Å². The van der Waals surface area contributed by atoms with Crippen LogP contribution in [-0.4, -0.2) is 27.9 Å². The topological polar surface area (TPSA) is 108 Å². The van der Waals surface area contributed by atoms with E-state index in [0.717, 1.165) is 0 Å². The minimum Gasteiger partial charge on any atom is -0.481 e. The zero-order valence-corrected chi connectivity index (χ0v) is 14.5. The zero-order valence-electron chi connectivity index (χ0n) is 13.7. The monoisotopic (exact) mass is 371 g/mol. The zero-order chi connectivity index (χ0) is 18.5. The van der Waals surface area contributed by atoms with Gasteiger partial charge in [-0.15, -0.1) is 11.3 Å². The van der Waals surface area contributed by atoms with Crippen molar-refractivity contribution in [2.45, 2.75) is 12.8 Å². The maximum Gasteiger partial charge on any atom is 0.307 e. The van der Waals surface area contributed by atoms with Crippen LogP contribution in [-0.2, 0) is 9.59 Å². The molecule has 1 aromatic heterocycles. The number of aliphatic carboxylic acids is 1. The molecule has 1 aliphatic rings. The van der Waals surface area contributed by atoms with Gasteiger partial charge in [0.2, 0.25) is 5.91 Å². The SMILES string of the molecule is O=C(Nc1nccs1)c1cccc(NC(=O)[C@H]2CC=CC[C@@H]2C(=O)O)c1. The van der Waals surface area contributed by atoms with Crippen molar-refractivity contribution in [1.29, 1.82) is 0 Å². The summed E-state index contributed by atoms with van der Waals surface area (Å²) >= 11 is 1.31. The Bertz CT molecular complexity index is 848. The van der Waals surface area contributed by atoms with E-state index in [1.54, 1.807) is 41.9 Å². The largest absolute Gasteiger partial charge is 0.481 e. The van der Waals surface area contributed by atoms with E-state index >= 15 is 0 Å². The van der Waals surface area contributed by atoms with Gasteiger partial charge in [0.25, 0.3) is 5.91 Å². The number of aromatic nitrogens is 1. The minimum atomic E-state index is -0.980. The number of nitrogens with zero attached hydrogens (tertiary/aromatic N) is 1. The smallest absolute Gasteiger partial charge is 0.307 e. The number of hydrogen-bond acceptors (Lipinski definition) is 5. The second-order valence-corrected chi connectivity index (χ2v) is 6.75. The fraction of sp³-hybridized carbons (Fsp3) is 0.222. The van der Waals surface area contributed by atoms with Crippen molar-refractivity contribution in [2.75, 3.05) is 10.6 Å². The van der Waals surface area contributed by atoms with Gasteiger partial charge in [-0.25, -0.2) is 4.98 Å². The van der Waals surface area contributed by atoms with Crippen LogP contribution in [0.3, 0.4) is 0 Å². The molecule has 7 nitrogen and oxygen atoms in total. The van der Waals surface area contributed by atoms with Gasteiger partial charge in [0.1, 0.15) is 0 Å². The summed E-state index contributed by atoms with van der Waals surface area (Å²) in [7, 11) is 0. The van der Waals surface area contributed by atoms with Crippen molar-refractivity contribution in [3.63, 3.8) is 0 Å². The van der Waals surface area contributed by atoms with Crippen molar-refractivity contribution in [3.8, 4) is 0 Å². The average Bonchev–Trinajstić information content (AvgIpc) is 3.15. The second kappa shape index (κ2) is 7.92. The van der Waals surface area contributed by atoms with Gasteiger partial charge in [-0.2, -0.15) is 0 Å². The van der Waals surface area contributed by atoms with Gasteiger partial charge in [-0.05, 0) is 31.0 Å². The molecule has 1 aliphatic carbocycles. The van der Waals surface area contributed by atoms with Crippen LogP contribution >= 0.6 is 11.3 Å². The molecule has 8 heteroatoms. The summed E-state index contributed by atoms with van der Waals surface area (Å²) in [6, 6.07) is 6.49. The number of carboxylic acid groups (broad SMARTS) is 1. The number of rotatable bonds is 5. The molecule has 0 bridgehead atoms. The summed E-state index contributed by atoms with van der Waals surface area (Å²) in [6.07, 6.45) is 5.92. The van der Waals surface area contributed by atoms with E-state index in [4.69, 9.17) is 0 Å². The third-order valence-corrected chi connectivity index (χ3v) is 4.82. The Kier molecular flexibility index (Phi) is 5.43. The molecule has 0 saturated carbocycles. The normalized spacial score (nSPS) is 18.9. The van der Waals surface area contributed by atoms with Crippen LogP contribution in [0.15, 0.2) is 48.0 Å². The molecule has 2 aromatic rings. The summed E-state index contributed by atoms with van der Waals surface area (Å²) < 4.78 is 0. The molecule has 0 saturated heterocycles. The van der Waals surface area contributed by atoms with E-state index in [9.17, 15) is 19.5 Å². The molecular weight excluding hydrogens is 354 g/mol. The summed E-state index contributed by atoms with van der Waals surface area (Å²) in [5, 5.41) is 16.9. The number of carbonyl (C=O) groups is 3. The van der Waals surface area contributed by atoms with Crippen LogP contribution in [0.1, 0.15) is 23.2 Å². The summed E-state index contributed by atoms with van der Waals surface area (Å²) in [6.45, 7) is 0. The van der Waals surface area contributed by atoms with Gasteiger partial charge in [-0.1, -0.05) is 18.2 Å². The van der Waals surface area contributed by atoms with Gasteiger partial charge in [0.15, 0.2) is 5.13 Å². The van der Waals surface area contributed by atoms with Crippen LogP contribution in [0.5, 0.6) is 0 Å². The lowest BCUT2D eigenvalue weighted by atomic mass is 9.82. The predicted octanol–water partition coefficient (Wildman–Crippen LogP) is 3.00. The fourth-order valence-corrected chi connectivity index (χ4v) is 3.33. The van der Waals surface area contributed by atoms with Crippen molar-refractivity contribution >= 4 is 39.9 Å². The van der Waals surface area contributed by atoms with Gasteiger partial charge in [0.05, 0.1) is 11.8 Å². The van der Waals surface area contributed by atoms with E-state index in [0.29, 0.717) is 29.2 Å². The maximum absolute atomic E-state index is 12.5. The van der Waals surface area contributed by atoms with Crippen LogP contribution < -0.4 is 10.6 Å². The number of allylic oxidation sites excluding steroid dienone is 2. The van der Waals surface area contributed by atoms with Gasteiger partial charge in [-0.3, -0.25) is 19.7 Å². The van der Waals surface area contributed by atoms with E-state index in [1.165, 1.54) is 11.3 Å². The van der Waals surface area contributed by atoms with Gasteiger partial charge < -0.3 is 10.4 Å². The molecule has 2 atom stereocenters. The molecule has 1 aromatic carbocycles. The summed E-state index contributed by atoms with van der Waals surface area (Å²) in [5.41, 5.74) is 0.816. The highest BCUT2D eigenvalue weighted by atomic mass is 32.1. The Balaban J connectivity index is 1.70. The average molecular weight is 371 g/mol. The van der Waals surface area contributed by atoms with Gasteiger partial charge >= 0.3 is 5.97 Å². The molecule has 1 heterocycles. The molecule has 2 amide bonds. The van der Waals surface area contributed by atoms with Crippen LogP contribution in [0.25, 0.3) is 0 Å². The third-order valence-electron chi connectivity index (χ3n) is 4.13. The number of amides is 2. The number of nitrogens with one attached hydrogen (secondary N) is 2. The fourth-order valence-electron chi connectivity index (χ4n) is 2.80. The number of anilines is 2. The summed E-state index contributed by atoms with van der Waals surface area (Å²) in [4.78, 5) is 40.1. The molecule has 0 aliphatic heterocycles. The first-order valence-corrected chi connectivity index (χ1v) is 8.92. The highest BCUT2D eigenvalue weighted by Crippen LogP contribution is 2.27. The first-order valence-electron chi connectivity index (χ1n) is 8.04. The lowest BCUT2D eigenvalue weighted by Crippen LogP contribution is -2.34. The quantitative estimate of drug-likeness (QED) is 0.700. The van der Waals surface area contributed by atoms with Crippen molar-refractivity contribution in [2.24, 2.45) is 11.8 Å². The first kappa shape index (κ1) is 17.8. The van der Waals surface area contributed by atoms with Crippen LogP contribution in [0.4, 0.5) is 10.8 Å². The molecule has 3 rings (SSSR count). The molecule has 0 radical (unpaired) electrons. The number of benzene rings is 1. The van der Waals surface area contributed by atoms with E-state index in [1.807, 2.05) is 6.08 Å². The number of hydrogen-bond donors (Lipinski definition) is 3. The first-order chi connectivity index (χ1) is 12.5. The molecule has 3 N–H and O–H groups in total. The molecule has 26 heavy (non-hydrogen) atoms. The van der Waals surface area contributed by atoms with Crippen molar-refractivity contribution in [3.05, 3.63) is 53.6 Å². The van der Waals surface area contributed by atoms with E-state index in [2.05, 4.69) is 15.6 Å². The van der Waals surface area contributed by atoms with E-state index < -0.39 is 17.8 Å². The van der Waals surface area contributed by atoms with Crippen LogP contribution in [0.2, 0.25) is 0 Å². The van der Waals surface area contributed by atoms with Gasteiger partial charge in [0, 0.05) is 22.8 Å². The summed E-state index contributed by atoms with van der Waals surface area (Å²) in [5.74, 6) is -3.05. The van der Waals surface area contributed by atoms with Crippen molar-refractivity contribution in [1.82, 2.24) is 4.98 Å². The molecule has 0 unspecified atom stereocenters. The van der Waals surface area contributed by atoms with Crippen LogP contribution in [0, 0.1) is 11.8 Å². The third kappa shape index (κ3) is 4.15. The second-order valence-electron chi connectivity index (χ2n) is 5.86. The Morgan fingerprint density at radius 2 is 1.88 bits per heavy atom.